The monoisotopic (exact) mass is 396 g/mol. The summed E-state index contributed by atoms with van der Waals surface area (Å²) in [4.78, 5) is 32.5. The van der Waals surface area contributed by atoms with Gasteiger partial charge in [0.1, 0.15) is 5.75 Å². The molecule has 154 valence electrons. The highest BCUT2D eigenvalue weighted by Gasteiger charge is 2.24. The minimum absolute atomic E-state index is 0.0137. The SMILES string of the molecule is CN(CC(=O)NCC1CCN(C(=O)c2cccc(O)c2)CC1)Cc1ccncc1. The number of piperidine rings is 1. The predicted octanol–water partition coefficient (Wildman–Crippen LogP) is 1.89. The first-order valence-corrected chi connectivity index (χ1v) is 9.93. The molecule has 0 atom stereocenters. The van der Waals surface area contributed by atoms with E-state index in [1.807, 2.05) is 29.0 Å². The number of nitrogens with zero attached hydrogens (tertiary/aromatic N) is 3. The topological polar surface area (TPSA) is 85.8 Å². The summed E-state index contributed by atoms with van der Waals surface area (Å²) in [7, 11) is 1.92. The summed E-state index contributed by atoms with van der Waals surface area (Å²) in [6.07, 6.45) is 5.22. The number of carbonyl (C=O) groups excluding carboxylic acids is 2. The second kappa shape index (κ2) is 10.0. The molecule has 2 heterocycles. The fourth-order valence-electron chi connectivity index (χ4n) is 3.58. The van der Waals surface area contributed by atoms with Crippen LogP contribution >= 0.6 is 0 Å². The van der Waals surface area contributed by atoms with E-state index in [1.54, 1.807) is 30.6 Å². The molecule has 1 aromatic carbocycles. The summed E-state index contributed by atoms with van der Waals surface area (Å²) in [5.74, 6) is 0.431. The Morgan fingerprint density at radius 1 is 1.21 bits per heavy atom. The molecule has 0 spiro atoms. The Morgan fingerprint density at radius 2 is 1.93 bits per heavy atom. The van der Waals surface area contributed by atoms with Crippen LogP contribution in [0.15, 0.2) is 48.8 Å². The van der Waals surface area contributed by atoms with Crippen LogP contribution in [0.5, 0.6) is 5.75 Å². The summed E-state index contributed by atoms with van der Waals surface area (Å²) in [5.41, 5.74) is 1.63. The fourth-order valence-corrected chi connectivity index (χ4v) is 3.58. The number of pyridine rings is 1. The predicted molar refractivity (Wildman–Crippen MR) is 110 cm³/mol. The highest BCUT2D eigenvalue weighted by molar-refractivity contribution is 5.94. The maximum absolute atomic E-state index is 12.5. The van der Waals surface area contributed by atoms with E-state index < -0.39 is 0 Å². The lowest BCUT2D eigenvalue weighted by Gasteiger charge is -2.32. The Kier molecular flexibility index (Phi) is 7.19. The van der Waals surface area contributed by atoms with Crippen LogP contribution in [0.2, 0.25) is 0 Å². The fraction of sp³-hybridized carbons (Fsp3) is 0.409. The van der Waals surface area contributed by atoms with E-state index in [1.165, 1.54) is 6.07 Å². The van der Waals surface area contributed by atoms with Gasteiger partial charge in [-0.2, -0.15) is 0 Å². The number of likely N-dealkylation sites (tertiary alicyclic amines) is 1. The van der Waals surface area contributed by atoms with Crippen molar-refractivity contribution in [2.24, 2.45) is 5.92 Å². The van der Waals surface area contributed by atoms with Crippen molar-refractivity contribution in [3.05, 3.63) is 59.9 Å². The standard InChI is InChI=1S/C22H28N4O3/c1-25(15-18-5-9-23-10-6-18)16-21(28)24-14-17-7-11-26(12-8-17)22(29)19-3-2-4-20(27)13-19/h2-6,9-10,13,17,27H,7-8,11-12,14-16H2,1H3,(H,24,28). The molecule has 3 rings (SSSR count). The van der Waals surface area contributed by atoms with Crippen molar-refractivity contribution in [2.45, 2.75) is 19.4 Å². The summed E-state index contributed by atoms with van der Waals surface area (Å²) in [5, 5.41) is 12.6. The third kappa shape index (κ3) is 6.29. The average molecular weight is 396 g/mol. The molecule has 1 aliphatic rings. The number of likely N-dealkylation sites (N-methyl/N-ethyl adjacent to an activating group) is 1. The average Bonchev–Trinajstić information content (AvgIpc) is 2.73. The summed E-state index contributed by atoms with van der Waals surface area (Å²) in [6.45, 7) is 3.01. The molecule has 0 radical (unpaired) electrons. The van der Waals surface area contributed by atoms with Crippen LogP contribution in [0, 0.1) is 5.92 Å². The van der Waals surface area contributed by atoms with Gasteiger partial charge in [0.05, 0.1) is 6.54 Å². The van der Waals surface area contributed by atoms with Gasteiger partial charge in [0.25, 0.3) is 5.91 Å². The highest BCUT2D eigenvalue weighted by Crippen LogP contribution is 2.20. The molecule has 7 heteroatoms. The molecule has 7 nitrogen and oxygen atoms in total. The Morgan fingerprint density at radius 3 is 2.62 bits per heavy atom. The Balaban J connectivity index is 1.37. The van der Waals surface area contributed by atoms with Gasteiger partial charge in [-0.1, -0.05) is 6.07 Å². The van der Waals surface area contributed by atoms with Gasteiger partial charge in [-0.3, -0.25) is 19.5 Å². The number of hydrogen-bond acceptors (Lipinski definition) is 5. The van der Waals surface area contributed by atoms with E-state index in [4.69, 9.17) is 0 Å². The van der Waals surface area contributed by atoms with Crippen molar-refractivity contribution >= 4 is 11.8 Å². The van der Waals surface area contributed by atoms with Gasteiger partial charge < -0.3 is 15.3 Å². The van der Waals surface area contributed by atoms with Crippen molar-refractivity contribution in [3.8, 4) is 5.75 Å². The van der Waals surface area contributed by atoms with Crippen molar-refractivity contribution in [2.75, 3.05) is 33.2 Å². The quantitative estimate of drug-likeness (QED) is 0.747. The first kappa shape index (κ1) is 20.8. The van der Waals surface area contributed by atoms with Crippen LogP contribution < -0.4 is 5.32 Å². The van der Waals surface area contributed by atoms with E-state index in [-0.39, 0.29) is 17.6 Å². The van der Waals surface area contributed by atoms with E-state index in [2.05, 4.69) is 10.3 Å². The minimum atomic E-state index is -0.0545. The van der Waals surface area contributed by atoms with Gasteiger partial charge in [0, 0.05) is 44.1 Å². The van der Waals surface area contributed by atoms with Gasteiger partial charge in [0.2, 0.25) is 5.91 Å². The van der Waals surface area contributed by atoms with E-state index >= 15 is 0 Å². The van der Waals surface area contributed by atoms with Crippen LogP contribution in [0.25, 0.3) is 0 Å². The van der Waals surface area contributed by atoms with Crippen molar-refractivity contribution < 1.29 is 14.7 Å². The van der Waals surface area contributed by atoms with Crippen molar-refractivity contribution in [3.63, 3.8) is 0 Å². The second-order valence-electron chi connectivity index (χ2n) is 7.62. The van der Waals surface area contributed by atoms with Crippen LogP contribution in [0.1, 0.15) is 28.8 Å². The smallest absolute Gasteiger partial charge is 0.253 e. The zero-order valence-corrected chi connectivity index (χ0v) is 16.8. The molecule has 0 unspecified atom stereocenters. The van der Waals surface area contributed by atoms with Crippen LogP contribution in [-0.2, 0) is 11.3 Å². The second-order valence-corrected chi connectivity index (χ2v) is 7.62. The molecule has 0 bridgehead atoms. The Hall–Kier alpha value is -2.93. The van der Waals surface area contributed by atoms with E-state index in [0.717, 1.165) is 18.4 Å². The number of benzene rings is 1. The maximum atomic E-state index is 12.5. The number of carbonyl (C=O) groups is 2. The normalized spacial score (nSPS) is 14.8. The molecule has 2 aromatic rings. The lowest BCUT2D eigenvalue weighted by Crippen LogP contribution is -2.43. The zero-order valence-electron chi connectivity index (χ0n) is 16.8. The number of amides is 2. The van der Waals surface area contributed by atoms with Gasteiger partial charge in [0.15, 0.2) is 0 Å². The van der Waals surface area contributed by atoms with E-state index in [0.29, 0.717) is 44.2 Å². The van der Waals surface area contributed by atoms with Crippen molar-refractivity contribution in [1.82, 2.24) is 20.1 Å². The van der Waals surface area contributed by atoms with Gasteiger partial charge in [-0.05, 0) is 61.7 Å². The minimum Gasteiger partial charge on any atom is -0.508 e. The molecule has 0 saturated carbocycles. The first-order chi connectivity index (χ1) is 14.0. The van der Waals surface area contributed by atoms with E-state index in [9.17, 15) is 14.7 Å². The number of nitrogens with one attached hydrogen (secondary N) is 1. The van der Waals surface area contributed by atoms with Crippen molar-refractivity contribution in [1.29, 1.82) is 0 Å². The van der Waals surface area contributed by atoms with Crippen LogP contribution in [0.4, 0.5) is 0 Å². The molecule has 0 aliphatic carbocycles. The molecule has 1 aromatic heterocycles. The largest absolute Gasteiger partial charge is 0.508 e. The molecule has 1 saturated heterocycles. The third-order valence-corrected chi connectivity index (χ3v) is 5.20. The molecule has 1 fully saturated rings. The molecule has 29 heavy (non-hydrogen) atoms. The molecule has 2 N–H and O–H groups in total. The lowest BCUT2D eigenvalue weighted by molar-refractivity contribution is -0.122. The number of phenolic OH excluding ortho intramolecular Hbond substituents is 1. The lowest BCUT2D eigenvalue weighted by atomic mass is 9.96. The zero-order chi connectivity index (χ0) is 20.6. The highest BCUT2D eigenvalue weighted by atomic mass is 16.3. The first-order valence-electron chi connectivity index (χ1n) is 9.93. The number of phenols is 1. The Bertz CT molecular complexity index is 820. The summed E-state index contributed by atoms with van der Waals surface area (Å²) < 4.78 is 0. The van der Waals surface area contributed by atoms with Crippen LogP contribution in [0.3, 0.4) is 0 Å². The number of rotatable bonds is 7. The van der Waals surface area contributed by atoms with Crippen LogP contribution in [-0.4, -0.2) is 64.9 Å². The number of aromatic hydroxyl groups is 1. The Labute approximate surface area is 171 Å². The summed E-state index contributed by atoms with van der Waals surface area (Å²) >= 11 is 0. The molecule has 2 amide bonds. The van der Waals surface area contributed by atoms with Gasteiger partial charge >= 0.3 is 0 Å². The molecular formula is C22H28N4O3. The molecular weight excluding hydrogens is 368 g/mol. The van der Waals surface area contributed by atoms with Gasteiger partial charge in [-0.15, -0.1) is 0 Å². The molecule has 1 aliphatic heterocycles. The number of hydrogen-bond donors (Lipinski definition) is 2. The van der Waals surface area contributed by atoms with Gasteiger partial charge in [-0.25, -0.2) is 0 Å². The third-order valence-electron chi connectivity index (χ3n) is 5.20. The maximum Gasteiger partial charge on any atom is 0.253 e. The summed E-state index contributed by atoms with van der Waals surface area (Å²) in [6, 6.07) is 10.3. The number of aromatic nitrogens is 1.